The Kier molecular flexibility index (Phi) is 5.61. The first kappa shape index (κ1) is 17.4. The highest BCUT2D eigenvalue weighted by molar-refractivity contribution is 5.80. The number of rotatable bonds is 5. The highest BCUT2D eigenvalue weighted by Gasteiger charge is 2.26. The van der Waals surface area contributed by atoms with Crippen LogP contribution in [0.25, 0.3) is 11.1 Å². The number of nitrogens with one attached hydrogen (secondary N) is 1. The van der Waals surface area contributed by atoms with Crippen molar-refractivity contribution in [1.82, 2.24) is 10.2 Å². The Balaban J connectivity index is 1.73. The molecule has 3 rings (SSSR count). The number of carbonyl (C=O) groups excluding carboxylic acids is 1. The van der Waals surface area contributed by atoms with E-state index in [-0.39, 0.29) is 17.6 Å². The molecule has 0 aromatic heterocycles. The second kappa shape index (κ2) is 8.08. The van der Waals surface area contributed by atoms with Gasteiger partial charge in [-0.15, -0.1) is 6.58 Å². The summed E-state index contributed by atoms with van der Waals surface area (Å²) in [6.07, 6.45) is 2.44. The van der Waals surface area contributed by atoms with Gasteiger partial charge in [-0.25, -0.2) is 4.39 Å². The van der Waals surface area contributed by atoms with Gasteiger partial charge in [0, 0.05) is 31.7 Å². The van der Waals surface area contributed by atoms with Crippen molar-refractivity contribution in [1.29, 1.82) is 0 Å². The highest BCUT2D eigenvalue weighted by Crippen LogP contribution is 2.23. The van der Waals surface area contributed by atoms with Gasteiger partial charge in [0.15, 0.2) is 0 Å². The zero-order valence-corrected chi connectivity index (χ0v) is 14.2. The van der Waals surface area contributed by atoms with Crippen molar-refractivity contribution in [3.63, 3.8) is 0 Å². The van der Waals surface area contributed by atoms with Crippen LogP contribution in [0.3, 0.4) is 0 Å². The molecule has 3 nitrogen and oxygen atoms in total. The summed E-state index contributed by atoms with van der Waals surface area (Å²) in [5, 5.41) is 3.33. The normalized spacial score (nSPS) is 18.0. The molecule has 1 aliphatic heterocycles. The number of amides is 1. The summed E-state index contributed by atoms with van der Waals surface area (Å²) in [6.45, 7) is 6.52. The molecule has 0 unspecified atom stereocenters. The summed E-state index contributed by atoms with van der Waals surface area (Å²) in [6, 6.07) is 14.6. The fourth-order valence-electron chi connectivity index (χ4n) is 3.24. The van der Waals surface area contributed by atoms with Gasteiger partial charge < -0.3 is 10.2 Å². The first-order chi connectivity index (χ1) is 12.2. The van der Waals surface area contributed by atoms with Crippen LogP contribution in [0.4, 0.5) is 4.39 Å². The lowest BCUT2D eigenvalue weighted by Gasteiger charge is -2.22. The average molecular weight is 338 g/mol. The second-order valence-electron chi connectivity index (χ2n) is 6.35. The molecule has 1 heterocycles. The van der Waals surface area contributed by atoms with Crippen molar-refractivity contribution in [3.05, 3.63) is 72.6 Å². The molecule has 0 aliphatic carbocycles. The van der Waals surface area contributed by atoms with Crippen molar-refractivity contribution in [2.45, 2.75) is 6.42 Å². The van der Waals surface area contributed by atoms with Gasteiger partial charge in [0.2, 0.25) is 5.91 Å². The zero-order valence-electron chi connectivity index (χ0n) is 14.2. The molecule has 1 amide bonds. The zero-order chi connectivity index (χ0) is 17.6. The predicted octanol–water partition coefficient (Wildman–Crippen LogP) is 3.27. The van der Waals surface area contributed by atoms with Gasteiger partial charge in [-0.2, -0.15) is 0 Å². The lowest BCUT2D eigenvalue weighted by atomic mass is 9.96. The molecule has 1 aliphatic rings. The number of nitrogens with zero attached hydrogens (tertiary/aromatic N) is 1. The van der Waals surface area contributed by atoms with E-state index in [2.05, 4.69) is 11.9 Å². The predicted molar refractivity (Wildman–Crippen MR) is 98.7 cm³/mol. The molecule has 0 radical (unpaired) electrons. The van der Waals surface area contributed by atoms with Crippen LogP contribution in [0.5, 0.6) is 0 Å². The standard InChI is InChI=1S/C21H23FN2O/c1-2-12-24-13-11-23-15-18(21(24)25)14-16-7-9-17(10-8-16)19-5-3-4-6-20(19)22/h2-10,18,23H,1,11-15H2/t18-/m1/s1. The number of hydrogen-bond donors (Lipinski definition) is 1. The van der Waals surface area contributed by atoms with E-state index < -0.39 is 0 Å². The van der Waals surface area contributed by atoms with Crippen LogP contribution < -0.4 is 5.32 Å². The molecule has 1 fully saturated rings. The van der Waals surface area contributed by atoms with Gasteiger partial charge in [-0.1, -0.05) is 48.5 Å². The van der Waals surface area contributed by atoms with Crippen LogP contribution in [0.2, 0.25) is 0 Å². The molecule has 1 N–H and O–H groups in total. The van der Waals surface area contributed by atoms with E-state index >= 15 is 0 Å². The maximum Gasteiger partial charge on any atom is 0.227 e. The summed E-state index contributed by atoms with van der Waals surface area (Å²) < 4.78 is 13.9. The first-order valence-electron chi connectivity index (χ1n) is 8.63. The van der Waals surface area contributed by atoms with Gasteiger partial charge in [-0.3, -0.25) is 4.79 Å². The van der Waals surface area contributed by atoms with Crippen LogP contribution in [-0.2, 0) is 11.2 Å². The minimum Gasteiger partial charge on any atom is -0.337 e. The monoisotopic (exact) mass is 338 g/mol. The third kappa shape index (κ3) is 4.15. The van der Waals surface area contributed by atoms with Crippen molar-refractivity contribution < 1.29 is 9.18 Å². The van der Waals surface area contributed by atoms with E-state index in [0.717, 1.165) is 17.7 Å². The molecular weight excluding hydrogens is 315 g/mol. The fourth-order valence-corrected chi connectivity index (χ4v) is 3.24. The lowest BCUT2D eigenvalue weighted by Crippen LogP contribution is -2.37. The Hall–Kier alpha value is -2.46. The van der Waals surface area contributed by atoms with Crippen molar-refractivity contribution in [2.75, 3.05) is 26.2 Å². The molecule has 25 heavy (non-hydrogen) atoms. The van der Waals surface area contributed by atoms with Gasteiger partial charge in [0.25, 0.3) is 0 Å². The van der Waals surface area contributed by atoms with Gasteiger partial charge in [0.05, 0.1) is 5.92 Å². The molecule has 0 bridgehead atoms. The average Bonchev–Trinajstić information content (AvgIpc) is 2.79. The molecule has 0 saturated carbocycles. The van der Waals surface area contributed by atoms with E-state index in [4.69, 9.17) is 0 Å². The Bertz CT molecular complexity index is 742. The van der Waals surface area contributed by atoms with Crippen LogP contribution in [0.15, 0.2) is 61.2 Å². The van der Waals surface area contributed by atoms with E-state index in [1.807, 2.05) is 35.2 Å². The highest BCUT2D eigenvalue weighted by atomic mass is 19.1. The molecule has 4 heteroatoms. The number of carbonyl (C=O) groups is 1. The van der Waals surface area contributed by atoms with Crippen LogP contribution in [-0.4, -0.2) is 37.0 Å². The quantitative estimate of drug-likeness (QED) is 0.849. The van der Waals surface area contributed by atoms with Crippen molar-refractivity contribution >= 4 is 5.91 Å². The van der Waals surface area contributed by atoms with E-state index in [0.29, 0.717) is 31.6 Å². The van der Waals surface area contributed by atoms with Gasteiger partial charge in [0.1, 0.15) is 5.82 Å². The Morgan fingerprint density at radius 2 is 1.96 bits per heavy atom. The number of benzene rings is 2. The summed E-state index contributed by atoms with van der Waals surface area (Å²) in [7, 11) is 0. The number of hydrogen-bond acceptors (Lipinski definition) is 2. The summed E-state index contributed by atoms with van der Waals surface area (Å²) in [5.41, 5.74) is 2.53. The third-order valence-corrected chi connectivity index (χ3v) is 4.58. The Labute approximate surface area is 148 Å². The molecule has 1 atom stereocenters. The first-order valence-corrected chi connectivity index (χ1v) is 8.63. The molecule has 130 valence electrons. The summed E-state index contributed by atoms with van der Waals surface area (Å²) in [4.78, 5) is 14.5. The SMILES string of the molecule is C=CCN1CCNC[C@@H](Cc2ccc(-c3ccccc3F)cc2)C1=O. The summed E-state index contributed by atoms with van der Waals surface area (Å²) in [5.74, 6) is -0.136. The van der Waals surface area contributed by atoms with E-state index in [1.54, 1.807) is 18.2 Å². The maximum atomic E-state index is 13.9. The van der Waals surface area contributed by atoms with Crippen LogP contribution in [0.1, 0.15) is 5.56 Å². The Morgan fingerprint density at radius 3 is 2.68 bits per heavy atom. The Morgan fingerprint density at radius 1 is 1.20 bits per heavy atom. The number of halogens is 1. The molecule has 0 spiro atoms. The third-order valence-electron chi connectivity index (χ3n) is 4.58. The lowest BCUT2D eigenvalue weighted by molar-refractivity contribution is -0.133. The van der Waals surface area contributed by atoms with Gasteiger partial charge >= 0.3 is 0 Å². The molecule has 2 aromatic rings. The van der Waals surface area contributed by atoms with Crippen LogP contribution in [0, 0.1) is 11.7 Å². The smallest absolute Gasteiger partial charge is 0.227 e. The second-order valence-corrected chi connectivity index (χ2v) is 6.35. The molecule has 1 saturated heterocycles. The molecular formula is C21H23FN2O. The maximum absolute atomic E-state index is 13.9. The topological polar surface area (TPSA) is 32.3 Å². The van der Waals surface area contributed by atoms with Crippen LogP contribution >= 0.6 is 0 Å². The van der Waals surface area contributed by atoms with E-state index in [1.165, 1.54) is 6.07 Å². The summed E-state index contributed by atoms with van der Waals surface area (Å²) >= 11 is 0. The van der Waals surface area contributed by atoms with Gasteiger partial charge in [-0.05, 0) is 23.6 Å². The van der Waals surface area contributed by atoms with Crippen molar-refractivity contribution in [2.24, 2.45) is 5.92 Å². The molecule has 2 aromatic carbocycles. The minimum atomic E-state index is -0.224. The minimum absolute atomic E-state index is 0.0817. The largest absolute Gasteiger partial charge is 0.337 e. The van der Waals surface area contributed by atoms with Crippen molar-refractivity contribution in [3.8, 4) is 11.1 Å². The fraction of sp³-hybridized carbons (Fsp3) is 0.286. The van der Waals surface area contributed by atoms with E-state index in [9.17, 15) is 9.18 Å².